The van der Waals surface area contributed by atoms with Gasteiger partial charge in [-0.25, -0.2) is 8.51 Å². The summed E-state index contributed by atoms with van der Waals surface area (Å²) in [6.45, 7) is 12.8. The summed E-state index contributed by atoms with van der Waals surface area (Å²) >= 11 is 0. The Morgan fingerprint density at radius 1 is 1.07 bits per heavy atom. The summed E-state index contributed by atoms with van der Waals surface area (Å²) in [5, 5.41) is 0. The Hall–Kier alpha value is -1.12. The maximum Gasteiger partial charge on any atom is 0.416 e. The van der Waals surface area contributed by atoms with Gasteiger partial charge in [0.15, 0.2) is 0 Å². The molecule has 1 fully saturated rings. The van der Waals surface area contributed by atoms with Gasteiger partial charge < -0.3 is 9.80 Å². The lowest BCUT2D eigenvalue weighted by Gasteiger charge is -2.40. The molecule has 0 aromatic heterocycles. The molecule has 2 unspecified atom stereocenters. The van der Waals surface area contributed by atoms with Gasteiger partial charge in [-0.2, -0.15) is 13.2 Å². The summed E-state index contributed by atoms with van der Waals surface area (Å²) in [6, 6.07) is 3.61. The molecule has 8 heteroatoms. The van der Waals surface area contributed by atoms with E-state index in [1.54, 1.807) is 17.4 Å². The van der Waals surface area contributed by atoms with E-state index in [9.17, 15) is 17.4 Å². The highest BCUT2D eigenvalue weighted by atomic mass is 32.2. The summed E-state index contributed by atoms with van der Waals surface area (Å²) in [5.74, 6) is -0.0130. The summed E-state index contributed by atoms with van der Waals surface area (Å²) in [7, 11) is 2.44. The fourth-order valence-corrected chi connectivity index (χ4v) is 5.24. The molecular formula is C21H34F3N3OS. The van der Waals surface area contributed by atoms with Gasteiger partial charge in [-0.05, 0) is 57.5 Å². The van der Waals surface area contributed by atoms with Crippen LogP contribution in [0.3, 0.4) is 0 Å². The average molecular weight is 434 g/mol. The third-order valence-electron chi connectivity index (χ3n) is 5.33. The Morgan fingerprint density at radius 3 is 2.07 bits per heavy atom. The maximum atomic E-state index is 13.5. The van der Waals surface area contributed by atoms with Gasteiger partial charge >= 0.3 is 6.18 Å². The van der Waals surface area contributed by atoms with Crippen LogP contribution in [0.15, 0.2) is 18.2 Å². The molecule has 1 heterocycles. The van der Waals surface area contributed by atoms with E-state index in [1.165, 1.54) is 6.07 Å². The molecular weight excluding hydrogens is 399 g/mol. The number of benzene rings is 1. The Kier molecular flexibility index (Phi) is 7.44. The van der Waals surface area contributed by atoms with E-state index in [0.717, 1.165) is 37.9 Å². The van der Waals surface area contributed by atoms with Crippen molar-refractivity contribution >= 4 is 16.7 Å². The number of hydrogen-bond donors (Lipinski definition) is 0. The molecule has 0 saturated carbocycles. The van der Waals surface area contributed by atoms with Gasteiger partial charge in [-0.15, -0.1) is 0 Å². The van der Waals surface area contributed by atoms with Gasteiger partial charge in [-0.1, -0.05) is 13.8 Å². The molecule has 166 valence electrons. The van der Waals surface area contributed by atoms with Gasteiger partial charge in [-0.3, -0.25) is 0 Å². The highest BCUT2D eigenvalue weighted by Gasteiger charge is 2.37. The quantitative estimate of drug-likeness (QED) is 0.682. The lowest BCUT2D eigenvalue weighted by Crippen LogP contribution is -2.45. The number of alkyl halides is 3. The van der Waals surface area contributed by atoms with E-state index in [1.807, 2.05) is 41.7 Å². The monoisotopic (exact) mass is 433 g/mol. The lowest BCUT2D eigenvalue weighted by atomic mass is 9.92. The highest BCUT2D eigenvalue weighted by Crippen LogP contribution is 2.40. The molecule has 1 saturated heterocycles. The normalized spacial score (nSPS) is 19.1. The second-order valence-corrected chi connectivity index (χ2v) is 11.5. The van der Waals surface area contributed by atoms with E-state index >= 15 is 0 Å². The Morgan fingerprint density at radius 2 is 1.62 bits per heavy atom. The summed E-state index contributed by atoms with van der Waals surface area (Å²) < 4.78 is 54.9. The standard InChI is InChI=1S/C21H34F3N3OS/c1-15(2)19(26(7)29(28)20(3,4)5)17-14-16(21(22,23)24)8-9-18(17)27-12-10-25(6)11-13-27/h8-9,14-15,19H,10-13H2,1-7H3. The molecule has 0 bridgehead atoms. The Bertz CT molecular complexity index is 723. The predicted molar refractivity (Wildman–Crippen MR) is 114 cm³/mol. The van der Waals surface area contributed by atoms with Gasteiger partial charge in [0, 0.05) is 38.9 Å². The van der Waals surface area contributed by atoms with Gasteiger partial charge in [0.25, 0.3) is 0 Å². The van der Waals surface area contributed by atoms with Crippen LogP contribution in [0.4, 0.5) is 18.9 Å². The zero-order valence-corrected chi connectivity index (χ0v) is 19.3. The van der Waals surface area contributed by atoms with Crippen molar-refractivity contribution in [3.8, 4) is 0 Å². The number of rotatable bonds is 5. The number of likely N-dealkylation sites (N-methyl/N-ethyl adjacent to an activating group) is 1. The van der Waals surface area contributed by atoms with Crippen molar-refractivity contribution in [2.75, 3.05) is 45.2 Å². The van der Waals surface area contributed by atoms with Crippen molar-refractivity contribution in [1.82, 2.24) is 9.21 Å². The third-order valence-corrected chi connectivity index (χ3v) is 7.12. The predicted octanol–water partition coefficient (Wildman–Crippen LogP) is 4.55. The van der Waals surface area contributed by atoms with Crippen LogP contribution in [0, 0.1) is 5.92 Å². The van der Waals surface area contributed by atoms with Crippen molar-refractivity contribution in [1.29, 1.82) is 0 Å². The van der Waals surface area contributed by atoms with Crippen LogP contribution in [0.5, 0.6) is 0 Å². The molecule has 0 radical (unpaired) electrons. The topological polar surface area (TPSA) is 26.8 Å². The summed E-state index contributed by atoms with van der Waals surface area (Å²) in [6.07, 6.45) is -4.42. The number of hydrogen-bond acceptors (Lipinski definition) is 3. The van der Waals surface area contributed by atoms with Crippen molar-refractivity contribution in [3.05, 3.63) is 29.3 Å². The number of piperazine rings is 1. The van der Waals surface area contributed by atoms with Gasteiger partial charge in [0.05, 0.1) is 16.4 Å². The molecule has 0 aliphatic carbocycles. The minimum atomic E-state index is -4.42. The molecule has 1 aromatic carbocycles. The molecule has 1 aliphatic rings. The van der Waals surface area contributed by atoms with Crippen molar-refractivity contribution < 1.29 is 17.4 Å². The van der Waals surface area contributed by atoms with E-state index in [2.05, 4.69) is 9.80 Å². The van der Waals surface area contributed by atoms with E-state index in [0.29, 0.717) is 5.56 Å². The number of anilines is 1. The van der Waals surface area contributed by atoms with E-state index in [4.69, 9.17) is 0 Å². The second-order valence-electron chi connectivity index (χ2n) is 9.16. The van der Waals surface area contributed by atoms with Crippen LogP contribution in [0.25, 0.3) is 0 Å². The first kappa shape index (κ1) is 24.2. The summed E-state index contributed by atoms with van der Waals surface area (Å²) in [5.41, 5.74) is 0.744. The van der Waals surface area contributed by atoms with Crippen molar-refractivity contribution in [3.63, 3.8) is 0 Å². The minimum Gasteiger partial charge on any atom is -0.369 e. The molecule has 4 nitrogen and oxygen atoms in total. The van der Waals surface area contributed by atoms with E-state index < -0.39 is 33.5 Å². The first-order chi connectivity index (χ1) is 13.2. The van der Waals surface area contributed by atoms with Crippen LogP contribution in [-0.4, -0.2) is 58.4 Å². The smallest absolute Gasteiger partial charge is 0.369 e. The molecule has 1 aliphatic heterocycles. The van der Waals surface area contributed by atoms with E-state index in [-0.39, 0.29) is 5.92 Å². The van der Waals surface area contributed by atoms with Crippen LogP contribution in [0.2, 0.25) is 0 Å². The molecule has 0 spiro atoms. The maximum absolute atomic E-state index is 13.5. The Balaban J connectivity index is 2.58. The van der Waals surface area contributed by atoms with Crippen LogP contribution in [-0.2, 0) is 17.2 Å². The fourth-order valence-electron chi connectivity index (χ4n) is 3.81. The lowest BCUT2D eigenvalue weighted by molar-refractivity contribution is -0.137. The first-order valence-electron chi connectivity index (χ1n) is 10.0. The minimum absolute atomic E-state index is 0.0130. The largest absolute Gasteiger partial charge is 0.416 e. The number of nitrogens with zero attached hydrogens (tertiary/aromatic N) is 3. The highest BCUT2D eigenvalue weighted by molar-refractivity contribution is 7.84. The third kappa shape index (κ3) is 5.73. The average Bonchev–Trinajstić information content (AvgIpc) is 2.60. The SMILES string of the molecule is CC(C)C(c1cc(C(F)(F)F)ccc1N1CCN(C)CC1)N(C)S(=O)C(C)(C)C. The van der Waals surface area contributed by atoms with Gasteiger partial charge in [0.1, 0.15) is 11.0 Å². The molecule has 29 heavy (non-hydrogen) atoms. The van der Waals surface area contributed by atoms with Crippen LogP contribution >= 0.6 is 0 Å². The van der Waals surface area contributed by atoms with Crippen molar-refractivity contribution in [2.45, 2.75) is 51.6 Å². The first-order valence-corrected chi connectivity index (χ1v) is 11.1. The van der Waals surface area contributed by atoms with Crippen LogP contribution < -0.4 is 4.90 Å². The number of halogens is 3. The second kappa shape index (κ2) is 8.94. The summed E-state index contributed by atoms with van der Waals surface area (Å²) in [4.78, 5) is 4.36. The molecule has 0 N–H and O–H groups in total. The molecule has 2 atom stereocenters. The molecule has 0 amide bonds. The fraction of sp³-hybridized carbons (Fsp3) is 0.714. The molecule has 2 rings (SSSR count). The zero-order valence-electron chi connectivity index (χ0n) is 18.5. The Labute approximate surface area is 175 Å². The van der Waals surface area contributed by atoms with Crippen LogP contribution in [0.1, 0.15) is 51.8 Å². The zero-order chi connectivity index (χ0) is 22.1. The molecule has 1 aromatic rings. The van der Waals surface area contributed by atoms with Gasteiger partial charge in [0.2, 0.25) is 0 Å². The van der Waals surface area contributed by atoms with Crippen molar-refractivity contribution in [2.24, 2.45) is 5.92 Å².